The highest BCUT2D eigenvalue weighted by Gasteiger charge is 2.30. The highest BCUT2D eigenvalue weighted by molar-refractivity contribution is 6.01. The van der Waals surface area contributed by atoms with Crippen molar-refractivity contribution < 1.29 is 13.9 Å². The summed E-state index contributed by atoms with van der Waals surface area (Å²) in [6.45, 7) is 4.58. The van der Waals surface area contributed by atoms with Crippen LogP contribution in [0.15, 0.2) is 30.7 Å². The molecule has 5 heterocycles. The van der Waals surface area contributed by atoms with Gasteiger partial charge in [0.05, 0.1) is 16.6 Å². The summed E-state index contributed by atoms with van der Waals surface area (Å²) in [6, 6.07) is 3.15. The molecule has 0 bridgehead atoms. The van der Waals surface area contributed by atoms with E-state index in [1.165, 1.54) is 12.3 Å². The van der Waals surface area contributed by atoms with Crippen LogP contribution in [-0.4, -0.2) is 69.9 Å². The van der Waals surface area contributed by atoms with Crippen molar-refractivity contribution >= 4 is 33.4 Å². The van der Waals surface area contributed by atoms with Gasteiger partial charge < -0.3 is 20.2 Å². The Kier molecular flexibility index (Phi) is 7.18. The number of anilines is 2. The second kappa shape index (κ2) is 10.8. The van der Waals surface area contributed by atoms with E-state index in [9.17, 15) is 9.50 Å². The number of nitrogens with one attached hydrogen (secondary N) is 1. The van der Waals surface area contributed by atoms with Gasteiger partial charge in [-0.2, -0.15) is 4.98 Å². The third kappa shape index (κ3) is 5.16. The van der Waals surface area contributed by atoms with Crippen LogP contribution in [0.2, 0.25) is 0 Å². The van der Waals surface area contributed by atoms with Gasteiger partial charge in [0.15, 0.2) is 5.82 Å². The molecule has 0 unspecified atom stereocenters. The molecule has 2 saturated heterocycles. The summed E-state index contributed by atoms with van der Waals surface area (Å²) < 4.78 is 31.3. The normalized spacial score (nSPS) is 18.9. The maximum atomic E-state index is 16.6. The lowest BCUT2D eigenvalue weighted by molar-refractivity contribution is 0.0349. The van der Waals surface area contributed by atoms with Gasteiger partial charge in [-0.05, 0) is 51.3 Å². The number of terminal acetylenes is 1. The summed E-state index contributed by atoms with van der Waals surface area (Å²) in [5, 5.41) is 15.5. The first kappa shape index (κ1) is 27.2. The monoisotopic (exact) mass is 557 g/mol. The van der Waals surface area contributed by atoms with Crippen LogP contribution in [0.5, 0.6) is 0 Å². The van der Waals surface area contributed by atoms with Gasteiger partial charge >= 0.3 is 0 Å². The predicted molar refractivity (Wildman–Crippen MR) is 157 cm³/mol. The number of likely N-dealkylation sites (N-methyl/N-ethyl adjacent to an activating group) is 1. The number of nitrogens with zero attached hydrogens (tertiary/aromatic N) is 6. The van der Waals surface area contributed by atoms with Crippen molar-refractivity contribution in [1.29, 1.82) is 0 Å². The van der Waals surface area contributed by atoms with Crippen molar-refractivity contribution in [2.24, 2.45) is 0 Å². The zero-order valence-corrected chi connectivity index (χ0v) is 23.3. The number of fused-ring (bicyclic) bond motifs is 2. The van der Waals surface area contributed by atoms with Gasteiger partial charge in [0.2, 0.25) is 5.95 Å². The first-order valence-corrected chi connectivity index (χ1v) is 14.1. The molecular weight excluding hydrogens is 524 g/mol. The number of piperidine rings is 2. The molecule has 2 N–H and O–H groups in total. The van der Waals surface area contributed by atoms with Crippen LogP contribution in [0, 0.1) is 24.0 Å². The molecule has 2 fully saturated rings. The summed E-state index contributed by atoms with van der Waals surface area (Å²) in [5.74, 6) is 2.17. The van der Waals surface area contributed by atoms with Crippen molar-refractivity contribution in [3.05, 3.63) is 47.9 Å². The summed E-state index contributed by atoms with van der Waals surface area (Å²) >= 11 is 0. The van der Waals surface area contributed by atoms with Crippen LogP contribution < -0.4 is 15.1 Å². The van der Waals surface area contributed by atoms with Gasteiger partial charge in [-0.25, -0.2) is 13.8 Å². The van der Waals surface area contributed by atoms with Crippen molar-refractivity contribution in [3.63, 3.8) is 0 Å². The Morgan fingerprint density at radius 3 is 2.71 bits per heavy atom. The molecule has 212 valence electrons. The lowest BCUT2D eigenvalue weighted by atomic mass is 9.94. The van der Waals surface area contributed by atoms with Crippen LogP contribution in [0.3, 0.4) is 0 Å². The van der Waals surface area contributed by atoms with E-state index in [1.807, 2.05) is 23.8 Å². The largest absolute Gasteiger partial charge is 0.390 e. The second-order valence-corrected chi connectivity index (χ2v) is 11.4. The van der Waals surface area contributed by atoms with Crippen molar-refractivity contribution in [3.8, 4) is 23.6 Å². The lowest BCUT2D eigenvalue weighted by Crippen LogP contribution is -2.44. The van der Waals surface area contributed by atoms with Crippen molar-refractivity contribution in [2.45, 2.75) is 50.7 Å². The number of hydrogen-bond donors (Lipinski definition) is 2. The minimum atomic E-state index is -0.757. The molecule has 2 aliphatic heterocycles. The van der Waals surface area contributed by atoms with E-state index < -0.39 is 17.2 Å². The number of rotatable bonds is 5. The zero-order chi connectivity index (χ0) is 28.7. The van der Waals surface area contributed by atoms with Gasteiger partial charge in [-0.3, -0.25) is 9.97 Å². The SMILES string of the molecule is C#Cc1c(F)ccc2cncc(-c3ncc4c(N(C)C[C@H]5CCCCN5)nc(N5CCC(C)(O)CC5)nc4c3F)c12. The third-order valence-electron chi connectivity index (χ3n) is 8.32. The number of hydrogen-bond acceptors (Lipinski definition) is 8. The average molecular weight is 558 g/mol. The molecule has 1 aromatic carbocycles. The van der Waals surface area contributed by atoms with E-state index >= 15 is 4.39 Å². The van der Waals surface area contributed by atoms with Crippen LogP contribution in [0.25, 0.3) is 32.9 Å². The van der Waals surface area contributed by atoms with Crippen LogP contribution >= 0.6 is 0 Å². The average Bonchev–Trinajstić information content (AvgIpc) is 2.97. The maximum Gasteiger partial charge on any atom is 0.228 e. The number of benzene rings is 1. The molecule has 0 saturated carbocycles. The number of halogens is 2. The fourth-order valence-electron chi connectivity index (χ4n) is 5.90. The van der Waals surface area contributed by atoms with Gasteiger partial charge in [-0.15, -0.1) is 6.42 Å². The van der Waals surface area contributed by atoms with Crippen molar-refractivity contribution in [1.82, 2.24) is 25.3 Å². The summed E-state index contributed by atoms with van der Waals surface area (Å²) in [4.78, 5) is 22.4. The smallest absolute Gasteiger partial charge is 0.228 e. The maximum absolute atomic E-state index is 16.6. The topological polar surface area (TPSA) is 90.3 Å². The number of aliphatic hydroxyl groups is 1. The first-order chi connectivity index (χ1) is 19.8. The predicted octanol–water partition coefficient (Wildman–Crippen LogP) is 4.43. The standard InChI is InChI=1S/C31H33F2N7O/c1-4-21-24(32)9-8-19-15-34-16-22(25(19)21)27-26(33)28-23(17-36-27)29(39(3)18-20-7-5-6-12-35-20)38-30(37-28)40-13-10-31(2,41)11-14-40/h1,8-9,15-17,20,35,41H,5-7,10-14,18H2,2-3H3/t20-/m1/s1. The Morgan fingerprint density at radius 1 is 1.17 bits per heavy atom. The van der Waals surface area contributed by atoms with Gasteiger partial charge in [0.1, 0.15) is 22.8 Å². The fourth-order valence-corrected chi connectivity index (χ4v) is 5.90. The molecule has 4 aromatic rings. The molecule has 3 aromatic heterocycles. The number of aromatic nitrogens is 4. The van der Waals surface area contributed by atoms with E-state index in [1.54, 1.807) is 18.5 Å². The molecule has 0 aliphatic carbocycles. The minimum absolute atomic E-state index is 0.00789. The molecule has 41 heavy (non-hydrogen) atoms. The van der Waals surface area contributed by atoms with Crippen LogP contribution in [0.4, 0.5) is 20.5 Å². The highest BCUT2D eigenvalue weighted by atomic mass is 19.1. The Balaban J connectivity index is 1.51. The van der Waals surface area contributed by atoms with Crippen LogP contribution in [-0.2, 0) is 0 Å². The first-order valence-electron chi connectivity index (χ1n) is 14.1. The molecule has 1 atom stereocenters. The fraction of sp³-hybridized carbons (Fsp3) is 0.419. The molecule has 0 spiro atoms. The van der Waals surface area contributed by atoms with E-state index in [-0.39, 0.29) is 16.8 Å². The Labute approximate surface area is 237 Å². The Bertz CT molecular complexity index is 1650. The Morgan fingerprint density at radius 2 is 1.98 bits per heavy atom. The molecule has 0 radical (unpaired) electrons. The van der Waals surface area contributed by atoms with Crippen molar-refractivity contribution in [2.75, 3.05) is 43.0 Å². The number of pyridine rings is 2. The third-order valence-corrected chi connectivity index (χ3v) is 8.32. The molecule has 10 heteroatoms. The molecule has 0 amide bonds. The quantitative estimate of drug-likeness (QED) is 0.349. The lowest BCUT2D eigenvalue weighted by Gasteiger charge is -2.36. The van der Waals surface area contributed by atoms with E-state index in [0.717, 1.165) is 25.8 Å². The van der Waals surface area contributed by atoms with E-state index in [2.05, 4.69) is 21.2 Å². The highest BCUT2D eigenvalue weighted by Crippen LogP contribution is 2.36. The molecule has 8 nitrogen and oxygen atoms in total. The molecule has 6 rings (SSSR count). The molecule has 2 aliphatic rings. The van der Waals surface area contributed by atoms with Crippen LogP contribution in [0.1, 0.15) is 44.6 Å². The second-order valence-electron chi connectivity index (χ2n) is 11.4. The summed E-state index contributed by atoms with van der Waals surface area (Å²) in [5.41, 5.74) is -0.319. The van der Waals surface area contributed by atoms with E-state index in [4.69, 9.17) is 16.4 Å². The van der Waals surface area contributed by atoms with Gasteiger partial charge in [0.25, 0.3) is 0 Å². The summed E-state index contributed by atoms with van der Waals surface area (Å²) in [7, 11) is 1.95. The van der Waals surface area contributed by atoms with Gasteiger partial charge in [0, 0.05) is 67.7 Å². The van der Waals surface area contributed by atoms with E-state index in [0.29, 0.717) is 72.0 Å². The Hall–Kier alpha value is -3.94. The van der Waals surface area contributed by atoms with Gasteiger partial charge in [-0.1, -0.05) is 12.3 Å². The summed E-state index contributed by atoms with van der Waals surface area (Å²) in [6.07, 6.45) is 14.7. The zero-order valence-electron chi connectivity index (χ0n) is 23.3. The minimum Gasteiger partial charge on any atom is -0.390 e. The molecular formula is C31H33F2N7O.